The number of hydrogen-bond acceptors (Lipinski definition) is 3. The van der Waals surface area contributed by atoms with E-state index >= 15 is 0 Å². The molecule has 20 heavy (non-hydrogen) atoms. The van der Waals surface area contributed by atoms with Crippen molar-refractivity contribution in [2.45, 2.75) is 20.8 Å². The number of ether oxygens (including phenoxy) is 1. The Balaban J connectivity index is 3.32. The number of esters is 1. The smallest absolute Gasteiger partial charge is 0.340 e. The second-order valence-electron chi connectivity index (χ2n) is 4.04. The number of allylic oxidation sites excluding steroid dienone is 4. The lowest BCUT2D eigenvalue weighted by Crippen LogP contribution is -2.06. The first-order valence-electron chi connectivity index (χ1n) is 6.45. The molecule has 4 nitrogen and oxygen atoms in total. The largest absolute Gasteiger partial charge is 0.462 e. The number of aromatic nitrogens is 1. The van der Waals surface area contributed by atoms with Crippen molar-refractivity contribution in [3.8, 4) is 0 Å². The van der Waals surface area contributed by atoms with Gasteiger partial charge in [-0.2, -0.15) is 0 Å². The molecule has 0 aliphatic heterocycles. The van der Waals surface area contributed by atoms with Crippen LogP contribution in [0.3, 0.4) is 0 Å². The minimum absolute atomic E-state index is 0.318. The first-order chi connectivity index (χ1) is 9.56. The Labute approximate surface area is 119 Å². The van der Waals surface area contributed by atoms with E-state index in [2.05, 4.69) is 23.1 Å². The van der Waals surface area contributed by atoms with Gasteiger partial charge < -0.3 is 9.72 Å². The lowest BCUT2D eigenvalue weighted by atomic mass is 9.98. The average molecular weight is 272 g/mol. The molecule has 0 atom stereocenters. The molecular formula is C16H20N2O2. The Kier molecular flexibility index (Phi) is 5.72. The number of nitrogens with one attached hydrogen (secondary N) is 1. The summed E-state index contributed by atoms with van der Waals surface area (Å²) in [5, 5.41) is 0. The number of H-pyrrole nitrogens is 1. The topological polar surface area (TPSA) is 54.5 Å². The monoisotopic (exact) mass is 272 g/mol. The molecule has 0 bridgehead atoms. The first-order valence-corrected chi connectivity index (χ1v) is 6.45. The Morgan fingerprint density at radius 2 is 2.15 bits per heavy atom. The molecule has 106 valence electrons. The van der Waals surface area contributed by atoms with E-state index in [0.717, 1.165) is 5.57 Å². The number of rotatable bonds is 6. The molecule has 1 aromatic heterocycles. The normalized spacial score (nSPS) is 11.2. The maximum atomic E-state index is 12.0. The highest BCUT2D eigenvalue weighted by Crippen LogP contribution is 2.33. The van der Waals surface area contributed by atoms with Crippen LogP contribution in [0.1, 0.15) is 36.7 Å². The van der Waals surface area contributed by atoms with E-state index in [4.69, 9.17) is 4.74 Å². The van der Waals surface area contributed by atoms with Crippen LogP contribution in [-0.4, -0.2) is 23.8 Å². The van der Waals surface area contributed by atoms with Crippen LogP contribution in [0, 0.1) is 0 Å². The number of carbonyl (C=O) groups excluding carboxylic acids is 1. The van der Waals surface area contributed by atoms with Crippen LogP contribution < -0.4 is 0 Å². The molecule has 1 rings (SSSR count). The van der Waals surface area contributed by atoms with Gasteiger partial charge in [-0.3, -0.25) is 0 Å². The number of hydrogen-bond donors (Lipinski definition) is 1. The maximum absolute atomic E-state index is 12.0. The number of nitrogens with zero attached hydrogens (tertiary/aromatic N) is 1. The van der Waals surface area contributed by atoms with Crippen molar-refractivity contribution in [1.29, 1.82) is 0 Å². The minimum Gasteiger partial charge on any atom is -0.462 e. The van der Waals surface area contributed by atoms with Gasteiger partial charge >= 0.3 is 5.97 Å². The predicted octanol–water partition coefficient (Wildman–Crippen LogP) is 4.06. The third kappa shape index (κ3) is 3.35. The molecule has 1 heterocycles. The van der Waals surface area contributed by atoms with Gasteiger partial charge in [-0.15, -0.1) is 0 Å². The van der Waals surface area contributed by atoms with Gasteiger partial charge in [0.15, 0.2) is 0 Å². The molecule has 0 aliphatic carbocycles. The van der Waals surface area contributed by atoms with Crippen LogP contribution in [-0.2, 0) is 4.74 Å². The molecule has 1 N–H and O–H groups in total. The highest BCUT2D eigenvalue weighted by Gasteiger charge is 2.20. The zero-order valence-electron chi connectivity index (χ0n) is 12.2. The van der Waals surface area contributed by atoms with Crippen molar-refractivity contribution in [1.82, 2.24) is 4.98 Å². The Morgan fingerprint density at radius 1 is 1.45 bits per heavy atom. The van der Waals surface area contributed by atoms with Crippen LogP contribution in [0.15, 0.2) is 42.1 Å². The second-order valence-corrected chi connectivity index (χ2v) is 4.04. The van der Waals surface area contributed by atoms with E-state index in [1.807, 2.05) is 19.1 Å². The van der Waals surface area contributed by atoms with E-state index in [1.54, 1.807) is 26.3 Å². The molecular weight excluding hydrogens is 252 g/mol. The van der Waals surface area contributed by atoms with Gasteiger partial charge in [-0.1, -0.05) is 25.3 Å². The summed E-state index contributed by atoms with van der Waals surface area (Å²) in [6.45, 7) is 13.7. The average Bonchev–Trinajstić information content (AvgIpc) is 2.82. The molecule has 4 heteroatoms. The molecule has 0 radical (unpaired) electrons. The van der Waals surface area contributed by atoms with Crippen molar-refractivity contribution < 1.29 is 9.53 Å². The molecule has 0 aliphatic rings. The highest BCUT2D eigenvalue weighted by molar-refractivity contribution is 6.00. The lowest BCUT2D eigenvalue weighted by molar-refractivity contribution is 0.0526. The van der Waals surface area contributed by atoms with Crippen molar-refractivity contribution in [2.24, 2.45) is 4.99 Å². The minimum atomic E-state index is -0.397. The fourth-order valence-electron chi connectivity index (χ4n) is 1.78. The summed E-state index contributed by atoms with van der Waals surface area (Å²) in [5.41, 5.74) is 2.42. The number of aromatic amines is 1. The molecule has 1 aromatic rings. The van der Waals surface area contributed by atoms with Crippen molar-refractivity contribution in [3.05, 3.63) is 48.2 Å². The number of aliphatic imine (C=N–C) groups is 1. The van der Waals surface area contributed by atoms with Crippen LogP contribution in [0.2, 0.25) is 0 Å². The molecule has 0 spiro atoms. The molecule has 0 aromatic carbocycles. The van der Waals surface area contributed by atoms with E-state index < -0.39 is 5.97 Å². The van der Waals surface area contributed by atoms with Gasteiger partial charge in [0, 0.05) is 18.0 Å². The van der Waals surface area contributed by atoms with Crippen LogP contribution in [0.5, 0.6) is 0 Å². The highest BCUT2D eigenvalue weighted by atomic mass is 16.5. The summed E-state index contributed by atoms with van der Waals surface area (Å²) >= 11 is 0. The summed E-state index contributed by atoms with van der Waals surface area (Å²) in [6, 6.07) is 0. The summed E-state index contributed by atoms with van der Waals surface area (Å²) in [6.07, 6.45) is 6.94. The number of carbonyl (C=O) groups is 1. The Hall–Kier alpha value is -2.36. The molecule has 0 unspecified atom stereocenters. The maximum Gasteiger partial charge on any atom is 0.340 e. The van der Waals surface area contributed by atoms with Gasteiger partial charge in [-0.25, -0.2) is 9.79 Å². The summed E-state index contributed by atoms with van der Waals surface area (Å²) in [4.78, 5) is 19.2. The summed E-state index contributed by atoms with van der Waals surface area (Å²) in [5.74, 6) is 0.178. The lowest BCUT2D eigenvalue weighted by Gasteiger charge is -2.08. The van der Waals surface area contributed by atoms with Gasteiger partial charge in [0.2, 0.25) is 0 Å². The summed E-state index contributed by atoms with van der Waals surface area (Å²) in [7, 11) is 0. The Morgan fingerprint density at radius 3 is 2.70 bits per heavy atom. The van der Waals surface area contributed by atoms with Gasteiger partial charge in [0.05, 0.1) is 12.2 Å². The van der Waals surface area contributed by atoms with Gasteiger partial charge in [-0.05, 0) is 31.9 Å². The van der Waals surface area contributed by atoms with E-state index in [1.165, 1.54) is 0 Å². The molecule has 0 saturated heterocycles. The predicted molar refractivity (Wildman–Crippen MR) is 83.6 cm³/mol. The van der Waals surface area contributed by atoms with E-state index in [-0.39, 0.29) is 0 Å². The van der Waals surface area contributed by atoms with Gasteiger partial charge in [0.1, 0.15) is 5.82 Å². The van der Waals surface area contributed by atoms with Crippen LogP contribution >= 0.6 is 0 Å². The van der Waals surface area contributed by atoms with E-state index in [0.29, 0.717) is 29.1 Å². The molecule has 0 amide bonds. The second kappa shape index (κ2) is 7.28. The van der Waals surface area contributed by atoms with Crippen molar-refractivity contribution in [2.75, 3.05) is 6.61 Å². The van der Waals surface area contributed by atoms with Crippen molar-refractivity contribution >= 4 is 23.6 Å². The fourth-order valence-corrected chi connectivity index (χ4v) is 1.78. The van der Waals surface area contributed by atoms with Crippen LogP contribution in [0.25, 0.3) is 5.57 Å². The zero-order valence-corrected chi connectivity index (χ0v) is 12.2. The van der Waals surface area contributed by atoms with E-state index in [9.17, 15) is 4.79 Å². The Bertz CT molecular complexity index is 577. The third-order valence-electron chi connectivity index (χ3n) is 2.67. The standard InChI is InChI=1S/C16H20N2O2/c1-6-9-11(4)12(5)14-13(16(19)20-8-3)10-18-15(14)17-7-2/h6-7,9-10,18H,4-5,8H2,1-3H3. The SMILES string of the molecule is C=C(C=CC)C(=C)c1c(C(=O)OCC)c[nH]c1N=CC. The fraction of sp³-hybridized carbons (Fsp3) is 0.250. The van der Waals surface area contributed by atoms with Crippen LogP contribution in [0.4, 0.5) is 5.82 Å². The molecule has 0 fully saturated rings. The quantitative estimate of drug-likeness (QED) is 0.482. The van der Waals surface area contributed by atoms with Crippen molar-refractivity contribution in [3.63, 3.8) is 0 Å². The zero-order chi connectivity index (χ0) is 15.1. The first kappa shape index (κ1) is 15.7. The third-order valence-corrected chi connectivity index (χ3v) is 2.67. The summed E-state index contributed by atoms with van der Waals surface area (Å²) < 4.78 is 5.05. The van der Waals surface area contributed by atoms with Gasteiger partial charge in [0.25, 0.3) is 0 Å². The molecule has 0 saturated carbocycles.